The molecule has 2 aromatic rings. The van der Waals surface area contributed by atoms with Crippen LogP contribution in [0.15, 0.2) is 11.4 Å². The first-order valence-corrected chi connectivity index (χ1v) is 8.43. The zero-order valence-electron chi connectivity index (χ0n) is 12.6. The molecular weight excluding hydrogens is 284 g/mol. The molecule has 6 heteroatoms. The van der Waals surface area contributed by atoms with Gasteiger partial charge in [0.25, 0.3) is 0 Å². The van der Waals surface area contributed by atoms with Gasteiger partial charge in [-0.25, -0.2) is 15.8 Å². The molecule has 1 aliphatic carbocycles. The standard InChI is InChI=1S/C15H22N4OS/c1-3-20-15(7-4-5-10(2)9-15)14-17-12(19-16)11-6-8-21-13(11)18-14/h6,8,10H,3-5,7,9,16H2,1-2H3,(H,17,18,19). The molecule has 1 saturated carbocycles. The maximum absolute atomic E-state index is 6.16. The van der Waals surface area contributed by atoms with E-state index in [0.29, 0.717) is 18.3 Å². The van der Waals surface area contributed by atoms with Crippen molar-refractivity contribution in [1.29, 1.82) is 0 Å². The summed E-state index contributed by atoms with van der Waals surface area (Å²) in [6, 6.07) is 2.00. The number of hydrogen-bond donors (Lipinski definition) is 2. The Morgan fingerprint density at radius 1 is 1.52 bits per heavy atom. The number of nitrogens with two attached hydrogens (primary N) is 1. The highest BCUT2D eigenvalue weighted by atomic mass is 32.1. The van der Waals surface area contributed by atoms with Crippen molar-refractivity contribution in [2.45, 2.75) is 45.1 Å². The third-order valence-corrected chi connectivity index (χ3v) is 5.05. The van der Waals surface area contributed by atoms with Crippen molar-refractivity contribution in [1.82, 2.24) is 9.97 Å². The summed E-state index contributed by atoms with van der Waals surface area (Å²) < 4.78 is 6.16. The Labute approximate surface area is 128 Å². The summed E-state index contributed by atoms with van der Waals surface area (Å²) in [6.07, 6.45) is 4.35. The SMILES string of the molecule is CCOC1(c2nc(NN)c3ccsc3n2)CCCC(C)C1. The highest BCUT2D eigenvalue weighted by Gasteiger charge is 2.40. The Balaban J connectivity index is 2.10. The van der Waals surface area contributed by atoms with E-state index in [-0.39, 0.29) is 5.60 Å². The average Bonchev–Trinajstić information content (AvgIpc) is 2.95. The number of nitrogens with zero attached hydrogens (tertiary/aromatic N) is 2. The van der Waals surface area contributed by atoms with Crippen LogP contribution in [0, 0.1) is 5.92 Å². The van der Waals surface area contributed by atoms with Crippen LogP contribution in [0.2, 0.25) is 0 Å². The summed E-state index contributed by atoms with van der Waals surface area (Å²) in [5.74, 6) is 7.73. The maximum atomic E-state index is 6.16. The first-order valence-electron chi connectivity index (χ1n) is 7.55. The minimum absolute atomic E-state index is 0.365. The lowest BCUT2D eigenvalue weighted by Crippen LogP contribution is -2.37. The van der Waals surface area contributed by atoms with Crippen molar-refractivity contribution >= 4 is 27.4 Å². The number of nitrogens with one attached hydrogen (secondary N) is 1. The van der Waals surface area contributed by atoms with Gasteiger partial charge in [-0.15, -0.1) is 11.3 Å². The third-order valence-electron chi connectivity index (χ3n) is 4.25. The minimum atomic E-state index is -0.365. The summed E-state index contributed by atoms with van der Waals surface area (Å²) in [7, 11) is 0. The summed E-state index contributed by atoms with van der Waals surface area (Å²) in [5, 5.41) is 2.99. The van der Waals surface area contributed by atoms with E-state index >= 15 is 0 Å². The highest BCUT2D eigenvalue weighted by molar-refractivity contribution is 7.16. The summed E-state index contributed by atoms with van der Waals surface area (Å²) in [5.41, 5.74) is 2.34. The molecule has 2 aromatic heterocycles. The van der Waals surface area contributed by atoms with Crippen molar-refractivity contribution in [3.63, 3.8) is 0 Å². The van der Waals surface area contributed by atoms with Crippen molar-refractivity contribution < 1.29 is 4.74 Å². The number of aromatic nitrogens is 2. The number of rotatable bonds is 4. The van der Waals surface area contributed by atoms with E-state index in [9.17, 15) is 0 Å². The van der Waals surface area contributed by atoms with Gasteiger partial charge < -0.3 is 10.2 Å². The van der Waals surface area contributed by atoms with E-state index in [1.165, 1.54) is 6.42 Å². The molecule has 21 heavy (non-hydrogen) atoms. The average molecular weight is 306 g/mol. The monoisotopic (exact) mass is 306 g/mol. The molecule has 3 N–H and O–H groups in total. The molecule has 0 aromatic carbocycles. The fourth-order valence-electron chi connectivity index (χ4n) is 3.35. The van der Waals surface area contributed by atoms with Crippen molar-refractivity contribution in [2.24, 2.45) is 11.8 Å². The van der Waals surface area contributed by atoms with Crippen LogP contribution >= 0.6 is 11.3 Å². The lowest BCUT2D eigenvalue weighted by Gasteiger charge is -2.38. The van der Waals surface area contributed by atoms with Crippen LogP contribution in [-0.2, 0) is 10.3 Å². The van der Waals surface area contributed by atoms with Gasteiger partial charge in [-0.3, -0.25) is 0 Å². The number of nitrogen functional groups attached to an aromatic ring is 1. The molecule has 0 bridgehead atoms. The van der Waals surface area contributed by atoms with Crippen LogP contribution < -0.4 is 11.3 Å². The van der Waals surface area contributed by atoms with Gasteiger partial charge in [0, 0.05) is 6.61 Å². The molecule has 0 radical (unpaired) electrons. The molecule has 1 aliphatic rings. The Morgan fingerprint density at radius 3 is 3.10 bits per heavy atom. The molecule has 0 amide bonds. The van der Waals surface area contributed by atoms with Crippen LogP contribution in [0.4, 0.5) is 5.82 Å². The highest BCUT2D eigenvalue weighted by Crippen LogP contribution is 2.42. The van der Waals surface area contributed by atoms with Crippen molar-refractivity contribution in [3.05, 3.63) is 17.3 Å². The van der Waals surface area contributed by atoms with E-state index in [0.717, 1.165) is 35.3 Å². The second-order valence-corrected chi connectivity index (χ2v) is 6.70. The Morgan fingerprint density at radius 2 is 2.38 bits per heavy atom. The second-order valence-electron chi connectivity index (χ2n) is 5.81. The Bertz CT molecular complexity index is 625. The number of fused-ring (bicyclic) bond motifs is 1. The smallest absolute Gasteiger partial charge is 0.164 e. The van der Waals surface area contributed by atoms with E-state index in [4.69, 9.17) is 15.6 Å². The van der Waals surface area contributed by atoms with Crippen LogP contribution in [0.3, 0.4) is 0 Å². The summed E-state index contributed by atoms with van der Waals surface area (Å²) in [6.45, 7) is 4.98. The normalized spacial score (nSPS) is 26.1. The van der Waals surface area contributed by atoms with Gasteiger partial charge >= 0.3 is 0 Å². The molecular formula is C15H22N4OS. The molecule has 0 spiro atoms. The van der Waals surface area contributed by atoms with E-state index in [1.807, 2.05) is 18.4 Å². The fraction of sp³-hybridized carbons (Fsp3) is 0.600. The third kappa shape index (κ3) is 2.63. The van der Waals surface area contributed by atoms with Gasteiger partial charge in [-0.1, -0.05) is 13.3 Å². The first-order chi connectivity index (χ1) is 10.2. The van der Waals surface area contributed by atoms with Gasteiger partial charge in [-0.05, 0) is 43.6 Å². The molecule has 1 fully saturated rings. The molecule has 2 unspecified atom stereocenters. The van der Waals surface area contributed by atoms with Gasteiger partial charge in [0.15, 0.2) is 11.6 Å². The van der Waals surface area contributed by atoms with E-state index in [1.54, 1.807) is 11.3 Å². The molecule has 3 rings (SSSR count). The topological polar surface area (TPSA) is 73.1 Å². The molecule has 5 nitrogen and oxygen atoms in total. The zero-order chi connectivity index (χ0) is 14.9. The minimum Gasteiger partial charge on any atom is -0.367 e. The van der Waals surface area contributed by atoms with Gasteiger partial charge in [0.05, 0.1) is 5.39 Å². The first kappa shape index (κ1) is 14.7. The number of hydrazine groups is 1. The van der Waals surface area contributed by atoms with Gasteiger partial charge in [0.1, 0.15) is 10.4 Å². The molecule has 2 heterocycles. The molecule has 114 valence electrons. The fourth-order valence-corrected chi connectivity index (χ4v) is 4.11. The van der Waals surface area contributed by atoms with Crippen LogP contribution in [0.5, 0.6) is 0 Å². The quantitative estimate of drug-likeness (QED) is 0.669. The van der Waals surface area contributed by atoms with Crippen LogP contribution in [0.25, 0.3) is 10.2 Å². The van der Waals surface area contributed by atoms with E-state index in [2.05, 4.69) is 17.3 Å². The summed E-state index contributed by atoms with van der Waals surface area (Å²) >= 11 is 1.61. The van der Waals surface area contributed by atoms with Crippen molar-refractivity contribution in [2.75, 3.05) is 12.0 Å². The van der Waals surface area contributed by atoms with Crippen LogP contribution in [-0.4, -0.2) is 16.6 Å². The zero-order valence-corrected chi connectivity index (χ0v) is 13.4. The molecule has 0 aliphatic heterocycles. The van der Waals surface area contributed by atoms with Gasteiger partial charge in [0.2, 0.25) is 0 Å². The predicted octanol–water partition coefficient (Wildman–Crippen LogP) is 3.42. The summed E-state index contributed by atoms with van der Waals surface area (Å²) in [4.78, 5) is 10.4. The molecule has 0 saturated heterocycles. The largest absolute Gasteiger partial charge is 0.367 e. The number of hydrogen-bond acceptors (Lipinski definition) is 6. The number of thiophene rings is 1. The maximum Gasteiger partial charge on any atom is 0.164 e. The lowest BCUT2D eigenvalue weighted by molar-refractivity contribution is -0.0877. The Hall–Kier alpha value is -1.24. The predicted molar refractivity (Wildman–Crippen MR) is 86.2 cm³/mol. The lowest BCUT2D eigenvalue weighted by atomic mass is 9.78. The second kappa shape index (κ2) is 5.87. The van der Waals surface area contributed by atoms with Crippen LogP contribution in [0.1, 0.15) is 45.4 Å². The number of anilines is 1. The molecule has 2 atom stereocenters. The number of ether oxygens (including phenoxy) is 1. The van der Waals surface area contributed by atoms with Crippen molar-refractivity contribution in [3.8, 4) is 0 Å². The Kier molecular flexibility index (Phi) is 4.10. The van der Waals surface area contributed by atoms with E-state index < -0.39 is 0 Å². The van der Waals surface area contributed by atoms with Gasteiger partial charge in [-0.2, -0.15) is 0 Å².